The van der Waals surface area contributed by atoms with E-state index in [1.54, 1.807) is 18.2 Å². The Kier molecular flexibility index (Phi) is 4.58. The van der Waals surface area contributed by atoms with Gasteiger partial charge in [0.1, 0.15) is 0 Å². The second-order valence-electron chi connectivity index (χ2n) is 6.27. The van der Waals surface area contributed by atoms with E-state index in [-0.39, 0.29) is 17.3 Å². The summed E-state index contributed by atoms with van der Waals surface area (Å²) >= 11 is 12.0. The quantitative estimate of drug-likeness (QED) is 0.689. The standard InChI is InChI=1S/C17H20Cl2O2/c18-14-5-4-12(10-15(14)19)16(20)13-6-9-21-17(11-13)7-2-1-3-8-17/h4-5,10,13H,1-3,6-9,11H2. The minimum absolute atomic E-state index is 0.0486. The molecule has 2 fully saturated rings. The highest BCUT2D eigenvalue weighted by atomic mass is 35.5. The molecule has 1 heterocycles. The minimum Gasteiger partial charge on any atom is -0.375 e. The number of benzene rings is 1. The van der Waals surface area contributed by atoms with E-state index < -0.39 is 0 Å². The van der Waals surface area contributed by atoms with Crippen molar-refractivity contribution in [1.29, 1.82) is 0 Å². The molecule has 21 heavy (non-hydrogen) atoms. The van der Waals surface area contributed by atoms with Gasteiger partial charge in [0.05, 0.1) is 15.6 Å². The molecule has 2 nitrogen and oxygen atoms in total. The maximum absolute atomic E-state index is 12.7. The number of halogens is 2. The highest BCUT2D eigenvalue weighted by Crippen LogP contribution is 2.41. The van der Waals surface area contributed by atoms with Crippen molar-refractivity contribution in [1.82, 2.24) is 0 Å². The summed E-state index contributed by atoms with van der Waals surface area (Å²) < 4.78 is 6.07. The monoisotopic (exact) mass is 326 g/mol. The average molecular weight is 327 g/mol. The van der Waals surface area contributed by atoms with E-state index in [9.17, 15) is 4.79 Å². The van der Waals surface area contributed by atoms with Crippen LogP contribution in [0.4, 0.5) is 0 Å². The molecule has 1 aromatic carbocycles. The average Bonchev–Trinajstić information content (AvgIpc) is 2.50. The van der Waals surface area contributed by atoms with Gasteiger partial charge in [0.15, 0.2) is 5.78 Å². The molecule has 2 aliphatic rings. The molecule has 1 aliphatic heterocycles. The molecular weight excluding hydrogens is 307 g/mol. The molecule has 0 N–H and O–H groups in total. The van der Waals surface area contributed by atoms with Crippen molar-refractivity contribution in [3.8, 4) is 0 Å². The fourth-order valence-corrected chi connectivity index (χ4v) is 3.98. The van der Waals surface area contributed by atoms with Crippen molar-refractivity contribution in [3.63, 3.8) is 0 Å². The summed E-state index contributed by atoms with van der Waals surface area (Å²) in [6.45, 7) is 0.692. The summed E-state index contributed by atoms with van der Waals surface area (Å²) in [5.74, 6) is 0.232. The van der Waals surface area contributed by atoms with Crippen LogP contribution in [-0.4, -0.2) is 18.0 Å². The van der Waals surface area contributed by atoms with Gasteiger partial charge in [-0.2, -0.15) is 0 Å². The second kappa shape index (κ2) is 6.28. The first kappa shape index (κ1) is 15.3. The van der Waals surface area contributed by atoms with Crippen LogP contribution in [0, 0.1) is 5.92 Å². The lowest BCUT2D eigenvalue weighted by molar-refractivity contribution is -0.111. The fraction of sp³-hybridized carbons (Fsp3) is 0.588. The summed E-state index contributed by atoms with van der Waals surface area (Å²) in [6, 6.07) is 5.17. The minimum atomic E-state index is -0.0486. The lowest BCUT2D eigenvalue weighted by atomic mass is 9.74. The van der Waals surface area contributed by atoms with Crippen LogP contribution in [0.3, 0.4) is 0 Å². The largest absolute Gasteiger partial charge is 0.375 e. The number of ketones is 1. The van der Waals surface area contributed by atoms with Crippen LogP contribution < -0.4 is 0 Å². The molecule has 1 aromatic rings. The van der Waals surface area contributed by atoms with Crippen molar-refractivity contribution in [2.75, 3.05) is 6.61 Å². The van der Waals surface area contributed by atoms with Gasteiger partial charge in [0.25, 0.3) is 0 Å². The molecule has 0 amide bonds. The first-order valence-corrected chi connectivity index (χ1v) is 8.48. The van der Waals surface area contributed by atoms with Crippen LogP contribution in [-0.2, 0) is 4.74 Å². The summed E-state index contributed by atoms with van der Waals surface area (Å²) in [4.78, 5) is 12.7. The van der Waals surface area contributed by atoms with E-state index in [1.165, 1.54) is 19.3 Å². The number of carbonyl (C=O) groups excluding carboxylic acids is 1. The maximum atomic E-state index is 12.7. The lowest BCUT2D eigenvalue weighted by Crippen LogP contribution is -2.43. The third kappa shape index (κ3) is 3.28. The number of rotatable bonds is 2. The van der Waals surface area contributed by atoms with Crippen molar-refractivity contribution < 1.29 is 9.53 Å². The van der Waals surface area contributed by atoms with Gasteiger partial charge in [0.2, 0.25) is 0 Å². The molecule has 1 spiro atoms. The zero-order valence-corrected chi connectivity index (χ0v) is 13.6. The van der Waals surface area contributed by atoms with Crippen molar-refractivity contribution >= 4 is 29.0 Å². The highest BCUT2D eigenvalue weighted by molar-refractivity contribution is 6.42. The Morgan fingerprint density at radius 3 is 2.62 bits per heavy atom. The topological polar surface area (TPSA) is 26.3 Å². The van der Waals surface area contributed by atoms with E-state index in [4.69, 9.17) is 27.9 Å². The van der Waals surface area contributed by atoms with Gasteiger partial charge >= 0.3 is 0 Å². The molecule has 114 valence electrons. The SMILES string of the molecule is O=C(c1ccc(Cl)c(Cl)c1)C1CCOC2(CCCCC2)C1. The van der Waals surface area contributed by atoms with Gasteiger partial charge in [-0.25, -0.2) is 0 Å². The molecular formula is C17H20Cl2O2. The van der Waals surface area contributed by atoms with Gasteiger partial charge in [0, 0.05) is 18.1 Å². The van der Waals surface area contributed by atoms with Crippen LogP contribution in [0.5, 0.6) is 0 Å². The number of hydrogen-bond acceptors (Lipinski definition) is 2. The Bertz CT molecular complexity index is 530. The van der Waals surface area contributed by atoms with Crippen LogP contribution >= 0.6 is 23.2 Å². The van der Waals surface area contributed by atoms with E-state index in [1.807, 2.05) is 0 Å². The molecule has 1 aliphatic carbocycles. The Morgan fingerprint density at radius 1 is 1.14 bits per heavy atom. The summed E-state index contributed by atoms with van der Waals surface area (Å²) in [5.41, 5.74) is 0.620. The Balaban J connectivity index is 1.76. The van der Waals surface area contributed by atoms with Gasteiger partial charge in [-0.05, 0) is 43.9 Å². The summed E-state index contributed by atoms with van der Waals surface area (Å²) in [6.07, 6.45) is 7.57. The lowest BCUT2D eigenvalue weighted by Gasteiger charge is -2.43. The molecule has 1 unspecified atom stereocenters. The zero-order chi connectivity index (χ0) is 14.9. The van der Waals surface area contributed by atoms with E-state index in [2.05, 4.69) is 0 Å². The van der Waals surface area contributed by atoms with Crippen molar-refractivity contribution in [2.24, 2.45) is 5.92 Å². The zero-order valence-electron chi connectivity index (χ0n) is 12.0. The molecule has 1 saturated heterocycles. The third-order valence-electron chi connectivity index (χ3n) is 4.83. The third-order valence-corrected chi connectivity index (χ3v) is 5.57. The second-order valence-corrected chi connectivity index (χ2v) is 7.09. The van der Waals surface area contributed by atoms with E-state index in [0.717, 1.165) is 25.7 Å². The molecule has 3 rings (SSSR count). The van der Waals surface area contributed by atoms with Gasteiger partial charge in [-0.3, -0.25) is 4.79 Å². The van der Waals surface area contributed by atoms with Gasteiger partial charge in [-0.15, -0.1) is 0 Å². The number of ether oxygens (including phenoxy) is 1. The predicted octanol–water partition coefficient (Wildman–Crippen LogP) is 5.31. The normalized spacial score (nSPS) is 25.0. The van der Waals surface area contributed by atoms with Gasteiger partial charge < -0.3 is 4.74 Å². The summed E-state index contributed by atoms with van der Waals surface area (Å²) in [5, 5.41) is 0.936. The molecule has 0 radical (unpaired) electrons. The van der Waals surface area contributed by atoms with Crippen molar-refractivity contribution in [3.05, 3.63) is 33.8 Å². The maximum Gasteiger partial charge on any atom is 0.166 e. The first-order chi connectivity index (χ1) is 10.1. The van der Waals surface area contributed by atoms with Gasteiger partial charge in [-0.1, -0.05) is 42.5 Å². The predicted molar refractivity (Wildman–Crippen MR) is 85.3 cm³/mol. The highest BCUT2D eigenvalue weighted by Gasteiger charge is 2.40. The Labute approximate surface area is 135 Å². The number of carbonyl (C=O) groups is 1. The molecule has 4 heteroatoms. The number of hydrogen-bond donors (Lipinski definition) is 0. The Morgan fingerprint density at radius 2 is 1.90 bits per heavy atom. The molecule has 1 saturated carbocycles. The van der Waals surface area contributed by atoms with Crippen LogP contribution in [0.15, 0.2) is 18.2 Å². The van der Waals surface area contributed by atoms with Crippen molar-refractivity contribution in [2.45, 2.75) is 50.5 Å². The van der Waals surface area contributed by atoms with E-state index >= 15 is 0 Å². The van der Waals surface area contributed by atoms with Crippen LogP contribution in [0.1, 0.15) is 55.3 Å². The van der Waals surface area contributed by atoms with E-state index in [0.29, 0.717) is 22.2 Å². The molecule has 0 bridgehead atoms. The number of Topliss-reactive ketones (excluding diaryl/α,β-unsaturated/α-hetero) is 1. The van der Waals surface area contributed by atoms with Crippen LogP contribution in [0.25, 0.3) is 0 Å². The molecule has 1 atom stereocenters. The summed E-state index contributed by atoms with van der Waals surface area (Å²) in [7, 11) is 0. The molecule has 0 aromatic heterocycles. The fourth-order valence-electron chi connectivity index (χ4n) is 3.68. The van der Waals surface area contributed by atoms with Crippen LogP contribution in [0.2, 0.25) is 10.0 Å². The first-order valence-electron chi connectivity index (χ1n) is 7.73. The Hall–Kier alpha value is -0.570. The smallest absolute Gasteiger partial charge is 0.166 e.